The molecule has 1 atom stereocenters. The van der Waals surface area contributed by atoms with Gasteiger partial charge in [-0.15, -0.1) is 0 Å². The fraction of sp³-hybridized carbons (Fsp3) is 0.909. The van der Waals surface area contributed by atoms with E-state index < -0.39 is 0 Å². The van der Waals surface area contributed by atoms with Crippen LogP contribution in [-0.4, -0.2) is 24.3 Å². The van der Waals surface area contributed by atoms with Crippen LogP contribution in [0.5, 0.6) is 0 Å². The molecule has 0 radical (unpaired) electrons. The molecule has 14 heavy (non-hydrogen) atoms. The molecule has 1 N–H and O–H groups in total. The molecule has 0 heterocycles. The quantitative estimate of drug-likeness (QED) is 0.613. The van der Waals surface area contributed by atoms with Crippen LogP contribution in [0.4, 0.5) is 0 Å². The number of carbonyl (C=O) groups is 1. The van der Waals surface area contributed by atoms with Crippen molar-refractivity contribution in [3.63, 3.8) is 0 Å². The zero-order chi connectivity index (χ0) is 10.8. The Hall–Kier alpha value is -0.570. The molecule has 0 amide bonds. The van der Waals surface area contributed by atoms with E-state index in [2.05, 4.69) is 6.92 Å². The zero-order valence-electron chi connectivity index (χ0n) is 9.29. The summed E-state index contributed by atoms with van der Waals surface area (Å²) in [5.74, 6) is 0.113. The Balaban J connectivity index is 3.55. The maximum absolute atomic E-state index is 11.0. The highest BCUT2D eigenvalue weighted by atomic mass is 16.5. The van der Waals surface area contributed by atoms with E-state index in [9.17, 15) is 4.79 Å². The van der Waals surface area contributed by atoms with Gasteiger partial charge in [-0.2, -0.15) is 0 Å². The van der Waals surface area contributed by atoms with E-state index in [4.69, 9.17) is 9.84 Å². The minimum Gasteiger partial charge on any atom is -0.466 e. The second-order valence-corrected chi connectivity index (χ2v) is 3.53. The Bertz CT molecular complexity index is 145. The van der Waals surface area contributed by atoms with Crippen LogP contribution in [0, 0.1) is 5.92 Å². The number of hydrogen-bond acceptors (Lipinski definition) is 3. The normalized spacial score (nSPS) is 12.5. The van der Waals surface area contributed by atoms with Crippen LogP contribution in [-0.2, 0) is 9.53 Å². The highest BCUT2D eigenvalue weighted by molar-refractivity contribution is 5.69. The summed E-state index contributed by atoms with van der Waals surface area (Å²) in [6.07, 6.45) is 4.44. The SMILES string of the molecule is CCCC[C@@H](CO)CCC(=O)OCC. The minimum absolute atomic E-state index is 0.151. The lowest BCUT2D eigenvalue weighted by Gasteiger charge is -2.12. The van der Waals surface area contributed by atoms with Gasteiger partial charge in [-0.25, -0.2) is 0 Å². The standard InChI is InChI=1S/C11H22O3/c1-3-5-6-10(9-12)7-8-11(13)14-4-2/h10,12H,3-9H2,1-2H3/t10-/m1/s1. The molecule has 0 aliphatic heterocycles. The summed E-state index contributed by atoms with van der Waals surface area (Å²) in [4.78, 5) is 11.0. The fourth-order valence-corrected chi connectivity index (χ4v) is 1.37. The minimum atomic E-state index is -0.151. The molecule has 0 aliphatic rings. The lowest BCUT2D eigenvalue weighted by molar-refractivity contribution is -0.143. The summed E-state index contributed by atoms with van der Waals surface area (Å²) in [5, 5.41) is 9.04. The van der Waals surface area contributed by atoms with Crippen LogP contribution in [0.3, 0.4) is 0 Å². The summed E-state index contributed by atoms with van der Waals surface area (Å²) in [7, 11) is 0. The zero-order valence-corrected chi connectivity index (χ0v) is 9.29. The van der Waals surface area contributed by atoms with Crippen molar-refractivity contribution in [3.8, 4) is 0 Å². The number of ether oxygens (including phenoxy) is 1. The highest BCUT2D eigenvalue weighted by Gasteiger charge is 2.10. The number of aliphatic hydroxyl groups is 1. The van der Waals surface area contributed by atoms with Gasteiger partial charge in [0.2, 0.25) is 0 Å². The number of hydrogen-bond donors (Lipinski definition) is 1. The predicted molar refractivity (Wildman–Crippen MR) is 56.0 cm³/mol. The van der Waals surface area contributed by atoms with Crippen LogP contribution in [0.25, 0.3) is 0 Å². The van der Waals surface area contributed by atoms with Gasteiger partial charge in [-0.05, 0) is 25.7 Å². The van der Waals surface area contributed by atoms with Gasteiger partial charge in [0.05, 0.1) is 6.61 Å². The Morgan fingerprint density at radius 1 is 1.36 bits per heavy atom. The monoisotopic (exact) mass is 202 g/mol. The second-order valence-electron chi connectivity index (χ2n) is 3.53. The van der Waals surface area contributed by atoms with E-state index in [-0.39, 0.29) is 18.5 Å². The number of aliphatic hydroxyl groups excluding tert-OH is 1. The van der Waals surface area contributed by atoms with Crippen molar-refractivity contribution < 1.29 is 14.6 Å². The maximum Gasteiger partial charge on any atom is 0.305 e. The average Bonchev–Trinajstić information content (AvgIpc) is 2.19. The third-order valence-corrected chi connectivity index (χ3v) is 2.29. The van der Waals surface area contributed by atoms with Crippen LogP contribution >= 0.6 is 0 Å². The molecule has 0 aromatic carbocycles. The summed E-state index contributed by atoms with van der Waals surface area (Å²) in [6.45, 7) is 4.55. The van der Waals surface area contributed by atoms with Crippen molar-refractivity contribution in [1.82, 2.24) is 0 Å². The van der Waals surface area contributed by atoms with Gasteiger partial charge < -0.3 is 9.84 Å². The van der Waals surface area contributed by atoms with E-state index in [1.165, 1.54) is 0 Å². The van der Waals surface area contributed by atoms with Crippen molar-refractivity contribution >= 4 is 5.97 Å². The molecule has 84 valence electrons. The Morgan fingerprint density at radius 2 is 2.07 bits per heavy atom. The van der Waals surface area contributed by atoms with E-state index in [0.717, 1.165) is 25.7 Å². The largest absolute Gasteiger partial charge is 0.466 e. The summed E-state index contributed by atoms with van der Waals surface area (Å²) < 4.78 is 4.82. The molecule has 0 rings (SSSR count). The fourth-order valence-electron chi connectivity index (χ4n) is 1.37. The van der Waals surface area contributed by atoms with Gasteiger partial charge in [0.25, 0.3) is 0 Å². The molecule has 0 bridgehead atoms. The second kappa shape index (κ2) is 9.00. The number of carbonyl (C=O) groups excluding carboxylic acids is 1. The first kappa shape index (κ1) is 13.4. The smallest absolute Gasteiger partial charge is 0.305 e. The van der Waals surface area contributed by atoms with Crippen LogP contribution in [0.2, 0.25) is 0 Å². The molecule has 0 spiro atoms. The van der Waals surface area contributed by atoms with Gasteiger partial charge in [0, 0.05) is 13.0 Å². The van der Waals surface area contributed by atoms with Crippen molar-refractivity contribution in [1.29, 1.82) is 0 Å². The molecule has 3 heteroatoms. The highest BCUT2D eigenvalue weighted by Crippen LogP contribution is 2.14. The van der Waals surface area contributed by atoms with Gasteiger partial charge >= 0.3 is 5.97 Å². The van der Waals surface area contributed by atoms with E-state index in [1.807, 2.05) is 0 Å². The predicted octanol–water partition coefficient (Wildman–Crippen LogP) is 2.13. The van der Waals surface area contributed by atoms with Crippen LogP contribution in [0.1, 0.15) is 46.0 Å². The van der Waals surface area contributed by atoms with E-state index in [0.29, 0.717) is 13.0 Å². The van der Waals surface area contributed by atoms with Gasteiger partial charge in [-0.3, -0.25) is 4.79 Å². The molecular weight excluding hydrogens is 180 g/mol. The number of rotatable bonds is 8. The van der Waals surface area contributed by atoms with Gasteiger partial charge in [0.15, 0.2) is 0 Å². The Labute approximate surface area is 86.5 Å². The molecule has 0 saturated carbocycles. The third kappa shape index (κ3) is 6.89. The first-order valence-electron chi connectivity index (χ1n) is 5.51. The van der Waals surface area contributed by atoms with Crippen molar-refractivity contribution in [2.75, 3.05) is 13.2 Å². The molecule has 0 saturated heterocycles. The summed E-state index contributed by atoms with van der Waals surface area (Å²) >= 11 is 0. The van der Waals surface area contributed by atoms with Crippen molar-refractivity contribution in [2.24, 2.45) is 5.92 Å². The lowest BCUT2D eigenvalue weighted by Crippen LogP contribution is -2.11. The molecule has 0 aromatic heterocycles. The summed E-state index contributed by atoms with van der Waals surface area (Å²) in [5.41, 5.74) is 0. The van der Waals surface area contributed by atoms with Gasteiger partial charge in [-0.1, -0.05) is 19.8 Å². The van der Waals surface area contributed by atoms with E-state index >= 15 is 0 Å². The molecule has 0 fully saturated rings. The third-order valence-electron chi connectivity index (χ3n) is 2.29. The summed E-state index contributed by atoms with van der Waals surface area (Å²) in [6, 6.07) is 0. The number of esters is 1. The average molecular weight is 202 g/mol. The first-order chi connectivity index (χ1) is 6.74. The topological polar surface area (TPSA) is 46.5 Å². The lowest BCUT2D eigenvalue weighted by atomic mass is 9.98. The van der Waals surface area contributed by atoms with Crippen molar-refractivity contribution in [2.45, 2.75) is 46.0 Å². The Kier molecular flexibility index (Phi) is 8.64. The van der Waals surface area contributed by atoms with Crippen LogP contribution < -0.4 is 0 Å². The maximum atomic E-state index is 11.0. The molecule has 0 aromatic rings. The molecule has 3 nitrogen and oxygen atoms in total. The van der Waals surface area contributed by atoms with Gasteiger partial charge in [0.1, 0.15) is 0 Å². The Morgan fingerprint density at radius 3 is 2.57 bits per heavy atom. The number of unbranched alkanes of at least 4 members (excludes halogenated alkanes) is 1. The van der Waals surface area contributed by atoms with E-state index in [1.54, 1.807) is 6.92 Å². The molecule has 0 unspecified atom stereocenters. The molecular formula is C11H22O3. The van der Waals surface area contributed by atoms with Crippen LogP contribution in [0.15, 0.2) is 0 Å². The first-order valence-corrected chi connectivity index (χ1v) is 5.51. The molecule has 0 aliphatic carbocycles. The van der Waals surface area contributed by atoms with Crippen molar-refractivity contribution in [3.05, 3.63) is 0 Å².